The van der Waals surface area contributed by atoms with Crippen LogP contribution in [0, 0.1) is 36.6 Å². The highest BCUT2D eigenvalue weighted by molar-refractivity contribution is 6.21. The van der Waals surface area contributed by atoms with Crippen molar-refractivity contribution >= 4 is 43.1 Å². The molecule has 7 aromatic carbocycles. The zero-order valence-corrected chi connectivity index (χ0v) is 23.3. The Morgan fingerprint density at radius 2 is 1.16 bits per heavy atom. The average Bonchev–Trinajstić information content (AvgIpc) is 3.46. The molecule has 0 N–H and O–H groups in total. The van der Waals surface area contributed by atoms with Gasteiger partial charge in [0.15, 0.2) is 5.36 Å². The third kappa shape index (κ3) is 4.57. The smallest absolute Gasteiger partial charge is 0.207 e. The molecule has 0 amide bonds. The molecule has 0 heterocycles. The summed E-state index contributed by atoms with van der Waals surface area (Å²) >= 11 is 0. The van der Waals surface area contributed by atoms with Crippen LogP contribution in [0.2, 0.25) is 0 Å². The Balaban J connectivity index is 1.51. The van der Waals surface area contributed by atoms with E-state index < -0.39 is 17.6 Å². The highest BCUT2D eigenvalue weighted by Gasteiger charge is 2.31. The first-order chi connectivity index (χ1) is 21.5. The summed E-state index contributed by atoms with van der Waals surface area (Å²) in [6.45, 7) is 9.30. The van der Waals surface area contributed by atoms with Gasteiger partial charge in [-0.1, -0.05) is 30.3 Å². The molecule has 0 atom stereocenters. The zero-order chi connectivity index (χ0) is 31.6. The van der Waals surface area contributed by atoms with E-state index in [1.807, 2.05) is 49.5 Å². The number of nitrogens with zero attached hydrogens (tertiary/aromatic N) is 4. The molecule has 4 nitrogen and oxygen atoms in total. The SMILES string of the molecule is [C-]#[N+]/N=c1\c2cc(-c3cc(C)cc(F)c3)ccc2c2cc3c(=NC#N)c4cc(-c5cc(F)cc(C(F)(F)F)c5)ccc4c3cc12. The number of hydrogen-bond acceptors (Lipinski definition) is 3. The van der Waals surface area contributed by atoms with Crippen LogP contribution in [0.15, 0.2) is 95.0 Å². The van der Waals surface area contributed by atoms with Crippen molar-refractivity contribution in [2.75, 3.05) is 0 Å². The Kier molecular flexibility index (Phi) is 6.24. The number of fused-ring (bicyclic) bond motifs is 6. The maximum Gasteiger partial charge on any atom is 0.416 e. The van der Waals surface area contributed by atoms with Gasteiger partial charge in [0.25, 0.3) is 0 Å². The van der Waals surface area contributed by atoms with Gasteiger partial charge in [0.05, 0.1) is 16.0 Å². The van der Waals surface area contributed by atoms with Crippen LogP contribution in [-0.4, -0.2) is 0 Å². The molecule has 0 saturated heterocycles. The van der Waals surface area contributed by atoms with E-state index in [1.54, 1.807) is 18.2 Å². The topological polar surface area (TPSA) is 52.9 Å². The van der Waals surface area contributed by atoms with Crippen LogP contribution >= 0.6 is 0 Å². The first-order valence-electron chi connectivity index (χ1n) is 13.6. The molecule has 0 aliphatic rings. The summed E-state index contributed by atoms with van der Waals surface area (Å²) in [4.78, 5) is 7.38. The summed E-state index contributed by atoms with van der Waals surface area (Å²) in [6, 6.07) is 21.3. The van der Waals surface area contributed by atoms with E-state index in [-0.39, 0.29) is 11.4 Å². The van der Waals surface area contributed by atoms with Crippen LogP contribution in [0.4, 0.5) is 22.0 Å². The van der Waals surface area contributed by atoms with Gasteiger partial charge in [-0.25, -0.2) is 8.78 Å². The molecule has 0 aliphatic carbocycles. The molecule has 0 fully saturated rings. The fourth-order valence-corrected chi connectivity index (χ4v) is 6.19. The summed E-state index contributed by atoms with van der Waals surface area (Å²) < 4.78 is 68.6. The molecule has 0 radical (unpaired) electrons. The second kappa shape index (κ2) is 10.1. The lowest BCUT2D eigenvalue weighted by Gasteiger charge is -2.10. The number of halogens is 5. The average molecular weight is 601 g/mol. The van der Waals surface area contributed by atoms with E-state index in [4.69, 9.17) is 6.57 Å². The fourth-order valence-electron chi connectivity index (χ4n) is 6.19. The highest BCUT2D eigenvalue weighted by Crippen LogP contribution is 2.37. The van der Waals surface area contributed by atoms with Crippen molar-refractivity contribution in [2.24, 2.45) is 10.1 Å². The van der Waals surface area contributed by atoms with Crippen LogP contribution in [0.25, 0.3) is 70.3 Å². The first kappa shape index (κ1) is 27.9. The second-order valence-electron chi connectivity index (χ2n) is 10.8. The molecule has 0 aromatic heterocycles. The summed E-state index contributed by atoms with van der Waals surface area (Å²) in [5, 5.41) is 19.9. The van der Waals surface area contributed by atoms with Crippen molar-refractivity contribution in [3.8, 4) is 28.4 Å². The maximum absolute atomic E-state index is 14.2. The Morgan fingerprint density at radius 1 is 0.622 bits per heavy atom. The van der Waals surface area contributed by atoms with E-state index in [0.717, 1.165) is 34.0 Å². The van der Waals surface area contributed by atoms with E-state index >= 15 is 0 Å². The van der Waals surface area contributed by atoms with Crippen molar-refractivity contribution in [3.63, 3.8) is 0 Å². The largest absolute Gasteiger partial charge is 0.416 e. The normalized spacial score (nSPS) is 12.9. The lowest BCUT2D eigenvalue weighted by molar-refractivity contribution is -0.137. The summed E-state index contributed by atoms with van der Waals surface area (Å²) in [7, 11) is 0. The lowest BCUT2D eigenvalue weighted by atomic mass is 10.00. The number of hydrogen-bond donors (Lipinski definition) is 0. The Labute approximate surface area is 251 Å². The van der Waals surface area contributed by atoms with Crippen LogP contribution < -0.4 is 10.7 Å². The lowest BCUT2D eigenvalue weighted by Crippen LogP contribution is -2.05. The van der Waals surface area contributed by atoms with Crippen molar-refractivity contribution in [1.29, 1.82) is 5.26 Å². The third-order valence-electron chi connectivity index (χ3n) is 8.04. The van der Waals surface area contributed by atoms with Crippen LogP contribution in [-0.2, 0) is 6.18 Å². The minimum absolute atomic E-state index is 0.0320. The fraction of sp³-hybridized carbons (Fsp3) is 0.0556. The monoisotopic (exact) mass is 600 g/mol. The van der Waals surface area contributed by atoms with Gasteiger partial charge in [-0.15, -0.1) is 4.95 Å². The Bertz CT molecular complexity index is 2570. The molecule has 45 heavy (non-hydrogen) atoms. The van der Waals surface area contributed by atoms with E-state index in [1.165, 1.54) is 12.1 Å². The molecule has 0 unspecified atom stereocenters. The molecule has 0 bridgehead atoms. The van der Waals surface area contributed by atoms with E-state index in [9.17, 15) is 27.2 Å². The minimum Gasteiger partial charge on any atom is -0.207 e. The van der Waals surface area contributed by atoms with Gasteiger partial charge in [-0.05, 0) is 111 Å². The molecule has 7 rings (SSSR count). The Morgan fingerprint density at radius 3 is 1.71 bits per heavy atom. The van der Waals surface area contributed by atoms with Crippen molar-refractivity contribution < 1.29 is 22.0 Å². The number of alkyl halides is 3. The van der Waals surface area contributed by atoms with E-state index in [0.29, 0.717) is 60.2 Å². The van der Waals surface area contributed by atoms with Crippen molar-refractivity contribution in [1.82, 2.24) is 0 Å². The van der Waals surface area contributed by atoms with Gasteiger partial charge in [0, 0.05) is 21.5 Å². The summed E-state index contributed by atoms with van der Waals surface area (Å²) in [5.41, 5.74) is 1.46. The zero-order valence-electron chi connectivity index (χ0n) is 23.3. The number of benzene rings is 5. The van der Waals surface area contributed by atoms with Crippen molar-refractivity contribution in [3.05, 3.63) is 130 Å². The second-order valence-corrected chi connectivity index (χ2v) is 10.8. The van der Waals surface area contributed by atoms with Gasteiger partial charge in [0.2, 0.25) is 6.19 Å². The van der Waals surface area contributed by atoms with Gasteiger partial charge < -0.3 is 0 Å². The van der Waals surface area contributed by atoms with Gasteiger partial charge in [-0.3, -0.25) is 0 Å². The molecule has 0 spiro atoms. The molecular formula is C36H17F5N4. The maximum atomic E-state index is 14.2. The molecule has 0 aliphatic heterocycles. The predicted molar refractivity (Wildman–Crippen MR) is 163 cm³/mol. The van der Waals surface area contributed by atoms with E-state index in [2.05, 4.69) is 15.0 Å². The molecule has 216 valence electrons. The van der Waals surface area contributed by atoms with Crippen molar-refractivity contribution in [2.45, 2.75) is 13.1 Å². The summed E-state index contributed by atoms with van der Waals surface area (Å²) in [5.74, 6) is -1.38. The Hall–Kier alpha value is -5.93. The van der Waals surface area contributed by atoms with Gasteiger partial charge in [0.1, 0.15) is 11.6 Å². The minimum atomic E-state index is -4.73. The molecule has 0 saturated carbocycles. The number of rotatable bonds is 2. The number of nitriles is 1. The standard InChI is InChI=1S/C36H17F5N4/c1-18-7-21(10-24(37)8-18)19-3-6-27-29-15-32-28(16-33(29)35(45-43-2)31(27)13-19)26-5-4-20(12-30(26)34(32)44-17-42)22-9-23(36(39,40)41)14-25(38)11-22/h3-16H,1H3/b44-34?,45-35+. The first-order valence-corrected chi connectivity index (χ1v) is 13.6. The quantitative estimate of drug-likeness (QED) is 0.0845. The number of aryl methyl sites for hydroxylation is 1. The highest BCUT2D eigenvalue weighted by atomic mass is 19.4. The molecule has 9 heteroatoms. The van der Waals surface area contributed by atoms with Gasteiger partial charge in [-0.2, -0.15) is 30.0 Å². The van der Waals surface area contributed by atoms with Crippen LogP contribution in [0.5, 0.6) is 0 Å². The van der Waals surface area contributed by atoms with Crippen LogP contribution in [0.3, 0.4) is 0 Å². The third-order valence-corrected chi connectivity index (χ3v) is 8.04. The van der Waals surface area contributed by atoms with Crippen LogP contribution in [0.1, 0.15) is 11.1 Å². The molecule has 7 aromatic rings. The molecular weight excluding hydrogens is 583 g/mol. The predicted octanol–water partition coefficient (Wildman–Crippen LogP) is 9.23. The van der Waals surface area contributed by atoms with Gasteiger partial charge >= 0.3 is 6.18 Å². The summed E-state index contributed by atoms with van der Waals surface area (Å²) in [6.07, 6.45) is -2.90.